The van der Waals surface area contributed by atoms with Gasteiger partial charge in [0.05, 0.1) is 26.4 Å². The van der Waals surface area contributed by atoms with Crippen LogP contribution in [0.2, 0.25) is 0 Å². The molecule has 0 aliphatic rings. The van der Waals surface area contributed by atoms with E-state index in [1.807, 2.05) is 0 Å². The number of hydrogen-bond donors (Lipinski definition) is 3. The Morgan fingerprint density at radius 1 is 0.272 bits per heavy atom. The summed E-state index contributed by atoms with van der Waals surface area (Å²) in [6, 6.07) is 0. The minimum absolute atomic E-state index is 0.106. The van der Waals surface area contributed by atoms with E-state index in [0.29, 0.717) is 31.6 Å². The number of carbonyl (C=O) groups is 4. The molecule has 0 amide bonds. The summed E-state index contributed by atoms with van der Waals surface area (Å²) in [4.78, 5) is 73.1. The molecule has 0 rings (SSSR count). The van der Waals surface area contributed by atoms with Crippen LogP contribution < -0.4 is 0 Å². The molecule has 0 aliphatic carbocycles. The number of carbonyl (C=O) groups excluding carboxylic acids is 4. The molecule has 0 radical (unpaired) electrons. The summed E-state index contributed by atoms with van der Waals surface area (Å²) >= 11 is 0. The van der Waals surface area contributed by atoms with Crippen molar-refractivity contribution < 1.29 is 80.2 Å². The maximum Gasteiger partial charge on any atom is 0.472 e. The highest BCUT2D eigenvalue weighted by molar-refractivity contribution is 7.47. The van der Waals surface area contributed by atoms with Gasteiger partial charge in [-0.05, 0) is 49.4 Å². The summed E-state index contributed by atoms with van der Waals surface area (Å²) in [5, 5.41) is 10.7. The van der Waals surface area contributed by atoms with Crippen molar-refractivity contribution >= 4 is 39.5 Å². The zero-order valence-electron chi connectivity index (χ0n) is 68.0. The average Bonchev–Trinajstić information content (AvgIpc) is 0.920. The first-order valence-corrected chi connectivity index (χ1v) is 46.2. The van der Waals surface area contributed by atoms with E-state index in [1.165, 1.54) is 231 Å². The van der Waals surface area contributed by atoms with Crippen LogP contribution in [0.5, 0.6) is 0 Å². The Labute approximate surface area is 632 Å². The highest BCUT2D eigenvalue weighted by Crippen LogP contribution is 2.45. The van der Waals surface area contributed by atoms with Gasteiger partial charge >= 0.3 is 39.5 Å². The van der Waals surface area contributed by atoms with Crippen LogP contribution in [0.15, 0.2) is 0 Å². The second kappa shape index (κ2) is 72.9. The summed E-state index contributed by atoms with van der Waals surface area (Å²) in [7, 11) is -9.93. The average molecular weight is 1510 g/mol. The maximum absolute atomic E-state index is 13.1. The van der Waals surface area contributed by atoms with Crippen LogP contribution in [0.3, 0.4) is 0 Å². The van der Waals surface area contributed by atoms with E-state index in [9.17, 15) is 43.2 Å². The number of phosphoric acid groups is 2. The van der Waals surface area contributed by atoms with Crippen LogP contribution in [0.1, 0.15) is 434 Å². The van der Waals surface area contributed by atoms with Crippen molar-refractivity contribution in [3.05, 3.63) is 0 Å². The predicted octanol–water partition coefficient (Wildman–Crippen LogP) is 25.2. The van der Waals surface area contributed by atoms with E-state index in [0.717, 1.165) is 114 Å². The number of rotatable bonds is 81. The van der Waals surface area contributed by atoms with Crippen molar-refractivity contribution in [2.24, 2.45) is 23.7 Å². The highest BCUT2D eigenvalue weighted by Gasteiger charge is 2.30. The van der Waals surface area contributed by atoms with Gasteiger partial charge in [0.1, 0.15) is 19.3 Å². The van der Waals surface area contributed by atoms with Crippen molar-refractivity contribution in [1.29, 1.82) is 0 Å². The Bertz CT molecular complexity index is 2010. The van der Waals surface area contributed by atoms with Gasteiger partial charge in [-0.25, -0.2) is 9.13 Å². The Morgan fingerprint density at radius 2 is 0.466 bits per heavy atom. The standard InChI is InChI=1S/C84H164O17P2/c1-9-77(8)63-55-47-39-31-25-18-14-12-10-11-13-15-19-26-32-40-48-56-64-81(86)94-70-79(100-83(88)66-58-50-41-33-27-20-16-17-23-29-36-44-52-60-74(2)3)72-98-102(90,91)96-68-78(85)69-97-103(92,93)99-73-80(71-95-82(87)65-57-49-43-35-38-46-54-62-76(6)7)101-84(89)67-59-51-42-34-28-22-21-24-30-37-45-53-61-75(4)5/h74-80,85H,9-73H2,1-8H3,(H,90,91)(H,92,93)/t77?,78?,79-,80-/m1/s1. The topological polar surface area (TPSA) is 237 Å². The Balaban J connectivity index is 5.21. The molecule has 612 valence electrons. The van der Waals surface area contributed by atoms with Gasteiger partial charge in [-0.1, -0.05) is 383 Å². The molecule has 0 bridgehead atoms. The van der Waals surface area contributed by atoms with Crippen LogP contribution in [0.25, 0.3) is 0 Å². The van der Waals surface area contributed by atoms with Gasteiger partial charge in [0.15, 0.2) is 12.2 Å². The van der Waals surface area contributed by atoms with Crippen LogP contribution in [-0.4, -0.2) is 96.7 Å². The van der Waals surface area contributed by atoms with Gasteiger partial charge in [-0.15, -0.1) is 0 Å². The third kappa shape index (κ3) is 76.6. The smallest absolute Gasteiger partial charge is 0.462 e. The third-order valence-corrected chi connectivity index (χ3v) is 21.8. The van der Waals surface area contributed by atoms with Gasteiger partial charge in [0.25, 0.3) is 0 Å². The fourth-order valence-corrected chi connectivity index (χ4v) is 14.5. The summed E-state index contributed by atoms with van der Waals surface area (Å²) in [5.74, 6) is 1.03. The number of hydrogen-bond acceptors (Lipinski definition) is 15. The van der Waals surface area contributed by atoms with Crippen molar-refractivity contribution in [3.8, 4) is 0 Å². The fourth-order valence-electron chi connectivity index (χ4n) is 12.9. The molecule has 4 unspecified atom stereocenters. The van der Waals surface area contributed by atoms with Gasteiger partial charge in [0, 0.05) is 25.7 Å². The summed E-state index contributed by atoms with van der Waals surface area (Å²) in [6.07, 6.45) is 61.2. The van der Waals surface area contributed by atoms with E-state index in [4.69, 9.17) is 37.0 Å². The molecule has 0 aromatic carbocycles. The van der Waals surface area contributed by atoms with Crippen LogP contribution in [0.4, 0.5) is 0 Å². The lowest BCUT2D eigenvalue weighted by Gasteiger charge is -2.21. The molecule has 0 fully saturated rings. The van der Waals surface area contributed by atoms with Crippen molar-refractivity contribution in [2.75, 3.05) is 39.6 Å². The fraction of sp³-hybridized carbons (Fsp3) is 0.952. The second-order valence-corrected chi connectivity index (χ2v) is 34.8. The zero-order valence-corrected chi connectivity index (χ0v) is 69.7. The molecule has 17 nitrogen and oxygen atoms in total. The second-order valence-electron chi connectivity index (χ2n) is 31.9. The van der Waals surface area contributed by atoms with Gasteiger partial charge in [0.2, 0.25) is 0 Å². The van der Waals surface area contributed by atoms with Gasteiger partial charge in [-0.3, -0.25) is 37.3 Å². The maximum atomic E-state index is 13.1. The molecule has 0 heterocycles. The Kier molecular flexibility index (Phi) is 71.5. The van der Waals surface area contributed by atoms with Crippen molar-refractivity contribution in [2.45, 2.75) is 453 Å². The van der Waals surface area contributed by atoms with Gasteiger partial charge in [-0.2, -0.15) is 0 Å². The summed E-state index contributed by atoms with van der Waals surface area (Å²) in [5.41, 5.74) is 0. The SMILES string of the molecule is CCC(C)CCCCCCCCCCCCCCCCCCCCC(=O)OC[C@H](COP(=O)(O)OCC(O)COP(=O)(O)OC[C@@H](COC(=O)CCCCCCCCCC(C)C)OC(=O)CCCCCCCCCCCCCCC(C)C)OC(=O)CCCCCCCCCCCCCCCC(C)C. The van der Waals surface area contributed by atoms with Crippen molar-refractivity contribution in [1.82, 2.24) is 0 Å². The first-order valence-electron chi connectivity index (χ1n) is 43.2. The molecule has 0 aromatic rings. The molecule has 0 aromatic heterocycles. The van der Waals surface area contributed by atoms with Crippen LogP contribution in [-0.2, 0) is 65.4 Å². The first kappa shape index (κ1) is 101. The van der Waals surface area contributed by atoms with E-state index in [2.05, 4.69) is 55.4 Å². The summed E-state index contributed by atoms with van der Waals surface area (Å²) < 4.78 is 68.8. The molecular formula is C84H164O17P2. The lowest BCUT2D eigenvalue weighted by Crippen LogP contribution is -2.30. The normalized spacial score (nSPS) is 14.2. The first-order chi connectivity index (χ1) is 49.6. The molecular weight excluding hydrogens is 1340 g/mol. The number of unbranched alkanes of at least 4 members (excludes halogenated alkanes) is 46. The predicted molar refractivity (Wildman–Crippen MR) is 423 cm³/mol. The number of aliphatic hydroxyl groups is 1. The molecule has 19 heteroatoms. The molecule has 0 aliphatic heterocycles. The van der Waals surface area contributed by atoms with E-state index < -0.39 is 97.5 Å². The molecule has 0 spiro atoms. The minimum Gasteiger partial charge on any atom is -0.462 e. The minimum atomic E-state index is -4.96. The number of phosphoric ester groups is 2. The van der Waals surface area contributed by atoms with Crippen LogP contribution >= 0.6 is 15.6 Å². The van der Waals surface area contributed by atoms with Gasteiger partial charge < -0.3 is 33.8 Å². The largest absolute Gasteiger partial charge is 0.472 e. The molecule has 0 saturated heterocycles. The quantitative estimate of drug-likeness (QED) is 0.0222. The number of esters is 4. The Morgan fingerprint density at radius 3 is 0.689 bits per heavy atom. The van der Waals surface area contributed by atoms with E-state index >= 15 is 0 Å². The van der Waals surface area contributed by atoms with E-state index in [-0.39, 0.29) is 25.7 Å². The number of ether oxygens (including phenoxy) is 4. The molecule has 0 saturated carbocycles. The molecule has 3 N–H and O–H groups in total. The molecule has 6 atom stereocenters. The monoisotopic (exact) mass is 1510 g/mol. The summed E-state index contributed by atoms with van der Waals surface area (Å²) in [6.45, 7) is 14.3. The lowest BCUT2D eigenvalue weighted by atomic mass is 9.99. The number of aliphatic hydroxyl groups excluding tert-OH is 1. The zero-order chi connectivity index (χ0) is 76.0. The highest BCUT2D eigenvalue weighted by atomic mass is 31.2. The third-order valence-electron chi connectivity index (χ3n) is 19.9. The van der Waals surface area contributed by atoms with E-state index in [1.54, 1.807) is 0 Å². The lowest BCUT2D eigenvalue weighted by molar-refractivity contribution is -0.161. The van der Waals surface area contributed by atoms with Crippen molar-refractivity contribution in [3.63, 3.8) is 0 Å². The molecule has 103 heavy (non-hydrogen) atoms. The van der Waals surface area contributed by atoms with Crippen LogP contribution in [0, 0.1) is 23.7 Å². The Hall–Kier alpha value is -1.94.